The van der Waals surface area contributed by atoms with Crippen molar-refractivity contribution >= 4 is 23.4 Å². The van der Waals surface area contributed by atoms with Gasteiger partial charge >= 0.3 is 5.97 Å². The van der Waals surface area contributed by atoms with Gasteiger partial charge in [-0.25, -0.2) is 0 Å². The third-order valence-corrected chi connectivity index (χ3v) is 3.03. The molecule has 1 N–H and O–H groups in total. The first-order chi connectivity index (χ1) is 8.21. The zero-order chi connectivity index (χ0) is 13.9. The van der Waals surface area contributed by atoms with Gasteiger partial charge in [-0.1, -0.05) is 45.0 Å². The lowest BCUT2D eigenvalue weighted by Crippen LogP contribution is -2.19. The molecule has 0 aliphatic carbocycles. The summed E-state index contributed by atoms with van der Waals surface area (Å²) in [6.07, 6.45) is -0.360. The molecule has 0 saturated carbocycles. The lowest BCUT2D eigenvalue weighted by Gasteiger charge is -2.19. The number of Topliss-reactive ketones (excluding diaryl/α,β-unsaturated/α-hetero) is 1. The molecule has 1 aromatic carbocycles. The number of rotatable bonds is 4. The van der Waals surface area contributed by atoms with Crippen LogP contribution in [0.4, 0.5) is 0 Å². The van der Waals surface area contributed by atoms with Crippen LogP contribution in [-0.4, -0.2) is 22.2 Å². The molecule has 1 atom stereocenters. The van der Waals surface area contributed by atoms with Gasteiger partial charge in [-0.05, 0) is 11.0 Å². The number of hydrogen-bond acceptors (Lipinski definition) is 2. The van der Waals surface area contributed by atoms with E-state index in [9.17, 15) is 9.59 Å². The van der Waals surface area contributed by atoms with Crippen LogP contribution in [0.25, 0.3) is 0 Å². The molecule has 98 valence electrons. The molecule has 0 spiro atoms. The minimum absolute atomic E-state index is 0.0169. The van der Waals surface area contributed by atoms with Gasteiger partial charge in [0.25, 0.3) is 0 Å². The van der Waals surface area contributed by atoms with E-state index in [-0.39, 0.29) is 17.6 Å². The maximum Gasteiger partial charge on any atom is 0.305 e. The van der Waals surface area contributed by atoms with Crippen molar-refractivity contribution in [2.24, 2.45) is 0 Å². The number of carboxylic acid groups (broad SMARTS) is 1. The molecule has 0 saturated heterocycles. The number of ketones is 1. The molecule has 0 aliphatic heterocycles. The second kappa shape index (κ2) is 5.53. The first kappa shape index (κ1) is 14.7. The number of hydrogen-bond donors (Lipinski definition) is 1. The van der Waals surface area contributed by atoms with Crippen molar-refractivity contribution in [1.82, 2.24) is 0 Å². The quantitative estimate of drug-likeness (QED) is 0.674. The maximum atomic E-state index is 11.8. The van der Waals surface area contributed by atoms with Crippen LogP contribution in [0.2, 0.25) is 0 Å². The third-order valence-electron chi connectivity index (χ3n) is 2.67. The Balaban J connectivity index is 2.85. The van der Waals surface area contributed by atoms with Crippen LogP contribution in [0.1, 0.15) is 43.1 Å². The first-order valence-electron chi connectivity index (χ1n) is 5.72. The predicted molar refractivity (Wildman–Crippen MR) is 71.4 cm³/mol. The van der Waals surface area contributed by atoms with Crippen LogP contribution in [0.5, 0.6) is 0 Å². The zero-order valence-corrected chi connectivity index (χ0v) is 11.5. The molecular formula is C14H17ClO3. The number of carbonyl (C=O) groups excluding carboxylic acids is 1. The van der Waals surface area contributed by atoms with Crippen molar-refractivity contribution in [3.63, 3.8) is 0 Å². The number of carbonyl (C=O) groups is 2. The van der Waals surface area contributed by atoms with Crippen molar-refractivity contribution in [3.05, 3.63) is 35.4 Å². The molecule has 0 amide bonds. The van der Waals surface area contributed by atoms with Crippen LogP contribution in [0, 0.1) is 0 Å². The number of alkyl halides is 1. The zero-order valence-electron chi connectivity index (χ0n) is 10.7. The van der Waals surface area contributed by atoms with Crippen molar-refractivity contribution < 1.29 is 14.7 Å². The Morgan fingerprint density at radius 2 is 1.72 bits per heavy atom. The standard InChI is InChI=1S/C14H17ClO3/c1-14(2,3)10-6-4-9(5-7-10)13(18)11(15)8-12(16)17/h4-7,11H,8H2,1-3H3,(H,16,17). The highest BCUT2D eigenvalue weighted by Gasteiger charge is 2.21. The van der Waals surface area contributed by atoms with Gasteiger partial charge in [-0.2, -0.15) is 0 Å². The molecule has 3 nitrogen and oxygen atoms in total. The van der Waals surface area contributed by atoms with E-state index in [0.717, 1.165) is 5.56 Å². The maximum absolute atomic E-state index is 11.8. The fourth-order valence-electron chi connectivity index (χ4n) is 1.56. The first-order valence-corrected chi connectivity index (χ1v) is 6.16. The summed E-state index contributed by atoms with van der Waals surface area (Å²) in [6.45, 7) is 6.25. The SMILES string of the molecule is CC(C)(C)c1ccc(C(=O)C(Cl)CC(=O)O)cc1. The van der Waals surface area contributed by atoms with Gasteiger partial charge in [0, 0.05) is 5.56 Å². The van der Waals surface area contributed by atoms with Gasteiger partial charge < -0.3 is 5.11 Å². The Morgan fingerprint density at radius 3 is 2.11 bits per heavy atom. The van der Waals surface area contributed by atoms with E-state index in [2.05, 4.69) is 20.8 Å². The summed E-state index contributed by atoms with van der Waals surface area (Å²) < 4.78 is 0. The van der Waals surface area contributed by atoms with E-state index in [1.54, 1.807) is 12.1 Å². The summed E-state index contributed by atoms with van der Waals surface area (Å²) in [5, 5.41) is 7.58. The fourth-order valence-corrected chi connectivity index (χ4v) is 1.82. The number of halogens is 1. The molecule has 0 bridgehead atoms. The molecule has 1 aromatic rings. The minimum Gasteiger partial charge on any atom is -0.481 e. The molecule has 0 aliphatic rings. The van der Waals surface area contributed by atoms with Gasteiger partial charge in [0.05, 0.1) is 6.42 Å². The molecule has 0 fully saturated rings. The van der Waals surface area contributed by atoms with Crippen LogP contribution in [-0.2, 0) is 10.2 Å². The summed E-state index contributed by atoms with van der Waals surface area (Å²) in [5.41, 5.74) is 1.58. The Bertz CT molecular complexity index is 443. The minimum atomic E-state index is -1.07. The average molecular weight is 269 g/mol. The monoisotopic (exact) mass is 268 g/mol. The molecule has 0 aromatic heterocycles. The second-order valence-corrected chi connectivity index (χ2v) is 5.78. The number of carboxylic acids is 1. The van der Waals surface area contributed by atoms with Crippen molar-refractivity contribution in [1.29, 1.82) is 0 Å². The van der Waals surface area contributed by atoms with E-state index in [0.29, 0.717) is 5.56 Å². The highest BCUT2D eigenvalue weighted by molar-refractivity contribution is 6.34. The summed E-state index contributed by atoms with van der Waals surface area (Å²) in [4.78, 5) is 22.3. The summed E-state index contributed by atoms with van der Waals surface area (Å²) in [5.74, 6) is -1.42. The van der Waals surface area contributed by atoms with Gasteiger partial charge in [-0.3, -0.25) is 9.59 Å². The molecule has 18 heavy (non-hydrogen) atoms. The number of benzene rings is 1. The van der Waals surface area contributed by atoms with E-state index >= 15 is 0 Å². The van der Waals surface area contributed by atoms with Gasteiger partial charge in [0.15, 0.2) is 5.78 Å². The molecule has 0 radical (unpaired) electrons. The Hall–Kier alpha value is -1.35. The Kier molecular flexibility index (Phi) is 4.52. The average Bonchev–Trinajstić information content (AvgIpc) is 2.26. The molecule has 0 heterocycles. The lowest BCUT2D eigenvalue weighted by molar-refractivity contribution is -0.136. The highest BCUT2D eigenvalue weighted by atomic mass is 35.5. The molecule has 1 unspecified atom stereocenters. The van der Waals surface area contributed by atoms with Crippen LogP contribution >= 0.6 is 11.6 Å². The number of aliphatic carboxylic acids is 1. The molecular weight excluding hydrogens is 252 g/mol. The van der Waals surface area contributed by atoms with Crippen molar-refractivity contribution in [3.8, 4) is 0 Å². The summed E-state index contributed by atoms with van der Waals surface area (Å²) in [6, 6.07) is 7.13. The van der Waals surface area contributed by atoms with Crippen LogP contribution in [0.15, 0.2) is 24.3 Å². The Morgan fingerprint density at radius 1 is 1.22 bits per heavy atom. The molecule has 4 heteroatoms. The highest BCUT2D eigenvalue weighted by Crippen LogP contribution is 2.23. The van der Waals surface area contributed by atoms with Gasteiger partial charge in [-0.15, -0.1) is 11.6 Å². The van der Waals surface area contributed by atoms with E-state index in [1.165, 1.54) is 0 Å². The topological polar surface area (TPSA) is 54.4 Å². The van der Waals surface area contributed by atoms with Gasteiger partial charge in [0.2, 0.25) is 0 Å². The Labute approximate surface area is 112 Å². The van der Waals surface area contributed by atoms with E-state index in [4.69, 9.17) is 16.7 Å². The third kappa shape index (κ3) is 3.84. The largest absolute Gasteiger partial charge is 0.481 e. The lowest BCUT2D eigenvalue weighted by atomic mass is 9.86. The normalized spacial score (nSPS) is 13.1. The molecule has 1 rings (SSSR count). The smallest absolute Gasteiger partial charge is 0.305 e. The fraction of sp³-hybridized carbons (Fsp3) is 0.429. The van der Waals surface area contributed by atoms with Gasteiger partial charge in [0.1, 0.15) is 5.38 Å². The van der Waals surface area contributed by atoms with E-state index in [1.807, 2.05) is 12.1 Å². The second-order valence-electron chi connectivity index (χ2n) is 5.26. The summed E-state index contributed by atoms with van der Waals surface area (Å²) >= 11 is 5.76. The van der Waals surface area contributed by atoms with Crippen LogP contribution in [0.3, 0.4) is 0 Å². The predicted octanol–water partition coefficient (Wildman–Crippen LogP) is 3.25. The van der Waals surface area contributed by atoms with Crippen molar-refractivity contribution in [2.75, 3.05) is 0 Å². The van der Waals surface area contributed by atoms with Crippen molar-refractivity contribution in [2.45, 2.75) is 38.0 Å². The van der Waals surface area contributed by atoms with Crippen LogP contribution < -0.4 is 0 Å². The van der Waals surface area contributed by atoms with E-state index < -0.39 is 11.3 Å². The summed E-state index contributed by atoms with van der Waals surface area (Å²) in [7, 11) is 0.